The molecule has 2 aromatic heterocycles. The van der Waals surface area contributed by atoms with E-state index >= 15 is 0 Å². The molecule has 0 saturated heterocycles. The number of carbonyl (C=O) groups excluding carboxylic acids is 1. The van der Waals surface area contributed by atoms with Crippen LogP contribution in [0.2, 0.25) is 0 Å². The number of aromatic amines is 1. The molecule has 4 heteroatoms. The molecule has 0 aromatic carbocycles. The van der Waals surface area contributed by atoms with E-state index in [2.05, 4.69) is 9.97 Å². The Kier molecular flexibility index (Phi) is 4.46. The van der Waals surface area contributed by atoms with Crippen molar-refractivity contribution in [2.24, 2.45) is 5.73 Å². The van der Waals surface area contributed by atoms with Gasteiger partial charge in [-0.15, -0.1) is 0 Å². The van der Waals surface area contributed by atoms with Crippen LogP contribution in [0, 0.1) is 6.92 Å². The number of nitrogens with one attached hydrogen (secondary N) is 1. The minimum Gasteiger partial charge on any atom is -0.364 e. The van der Waals surface area contributed by atoms with Crippen molar-refractivity contribution in [3.05, 3.63) is 42.0 Å². The fourth-order valence-electron chi connectivity index (χ4n) is 1.58. The maximum absolute atomic E-state index is 11.0. The number of nitrogens with two attached hydrogens (primary N) is 1. The van der Waals surface area contributed by atoms with Crippen LogP contribution < -0.4 is 5.73 Å². The van der Waals surface area contributed by atoms with Gasteiger partial charge in [-0.3, -0.25) is 9.78 Å². The Morgan fingerprint density at radius 3 is 2.35 bits per heavy atom. The molecule has 2 heterocycles. The Morgan fingerprint density at radius 2 is 1.88 bits per heavy atom. The fraction of sp³-hybridized carbons (Fsp3) is 0.231. The molecule has 0 aliphatic rings. The van der Waals surface area contributed by atoms with Crippen LogP contribution in [0.4, 0.5) is 0 Å². The van der Waals surface area contributed by atoms with Gasteiger partial charge in [0.05, 0.1) is 0 Å². The van der Waals surface area contributed by atoms with Crippen LogP contribution in [0.15, 0.2) is 30.7 Å². The van der Waals surface area contributed by atoms with E-state index in [0.717, 1.165) is 16.7 Å². The first-order valence-corrected chi connectivity index (χ1v) is 5.58. The van der Waals surface area contributed by atoms with Crippen molar-refractivity contribution in [2.45, 2.75) is 20.8 Å². The minimum atomic E-state index is -0.437. The fourth-order valence-corrected chi connectivity index (χ4v) is 1.58. The van der Waals surface area contributed by atoms with Crippen LogP contribution in [0.3, 0.4) is 0 Å². The molecule has 0 unspecified atom stereocenters. The largest absolute Gasteiger partial charge is 0.364 e. The molecule has 0 radical (unpaired) electrons. The average Bonchev–Trinajstić information content (AvgIpc) is 2.75. The number of pyridine rings is 1. The predicted octanol–water partition coefficient (Wildman–Crippen LogP) is 2.51. The molecule has 0 fully saturated rings. The molecule has 0 bridgehead atoms. The van der Waals surface area contributed by atoms with Gasteiger partial charge in [-0.05, 0) is 30.2 Å². The molecule has 0 spiro atoms. The second-order valence-corrected chi connectivity index (χ2v) is 3.30. The highest BCUT2D eigenvalue weighted by atomic mass is 16.1. The van der Waals surface area contributed by atoms with E-state index in [-0.39, 0.29) is 0 Å². The molecule has 4 nitrogen and oxygen atoms in total. The maximum Gasteiger partial charge on any atom is 0.265 e. The zero-order valence-electron chi connectivity index (χ0n) is 10.3. The van der Waals surface area contributed by atoms with Gasteiger partial charge in [0.25, 0.3) is 5.91 Å². The summed E-state index contributed by atoms with van der Waals surface area (Å²) in [7, 11) is 0. The van der Waals surface area contributed by atoms with Crippen molar-refractivity contribution in [2.75, 3.05) is 0 Å². The first-order chi connectivity index (χ1) is 8.20. The van der Waals surface area contributed by atoms with E-state index < -0.39 is 5.91 Å². The highest BCUT2D eigenvalue weighted by Crippen LogP contribution is 2.24. The molecule has 2 rings (SSSR count). The van der Waals surface area contributed by atoms with Crippen molar-refractivity contribution in [3.63, 3.8) is 0 Å². The second kappa shape index (κ2) is 5.84. The molecule has 3 N–H and O–H groups in total. The summed E-state index contributed by atoms with van der Waals surface area (Å²) < 4.78 is 0. The van der Waals surface area contributed by atoms with E-state index in [1.165, 1.54) is 0 Å². The smallest absolute Gasteiger partial charge is 0.265 e. The summed E-state index contributed by atoms with van der Waals surface area (Å²) in [5.74, 6) is -0.437. The summed E-state index contributed by atoms with van der Waals surface area (Å²) in [5.41, 5.74) is 8.55. The van der Waals surface area contributed by atoms with Gasteiger partial charge in [-0.1, -0.05) is 13.8 Å². The van der Waals surface area contributed by atoms with Crippen molar-refractivity contribution >= 4 is 5.91 Å². The lowest BCUT2D eigenvalue weighted by Gasteiger charge is -1.99. The zero-order chi connectivity index (χ0) is 12.8. The van der Waals surface area contributed by atoms with Gasteiger partial charge in [0.1, 0.15) is 5.69 Å². The molecule has 0 aliphatic carbocycles. The van der Waals surface area contributed by atoms with E-state index in [9.17, 15) is 4.79 Å². The SMILES string of the molecule is CC.Cc1c(-c2ccncc2)c[nH]c1C(N)=O. The summed E-state index contributed by atoms with van der Waals surface area (Å²) in [5, 5.41) is 0. The number of rotatable bonds is 2. The molecular weight excluding hydrogens is 214 g/mol. The number of H-pyrrole nitrogens is 1. The molecule has 1 amide bonds. The van der Waals surface area contributed by atoms with Gasteiger partial charge in [-0.25, -0.2) is 0 Å². The number of nitrogens with zero attached hydrogens (tertiary/aromatic N) is 1. The zero-order valence-corrected chi connectivity index (χ0v) is 10.3. The van der Waals surface area contributed by atoms with E-state index in [0.29, 0.717) is 5.69 Å². The number of hydrogen-bond acceptors (Lipinski definition) is 2. The third-order valence-electron chi connectivity index (χ3n) is 2.38. The van der Waals surface area contributed by atoms with Gasteiger partial charge in [0.2, 0.25) is 0 Å². The Bertz CT molecular complexity index is 489. The second-order valence-electron chi connectivity index (χ2n) is 3.30. The Hall–Kier alpha value is -2.10. The Morgan fingerprint density at radius 1 is 1.29 bits per heavy atom. The van der Waals surface area contributed by atoms with Crippen molar-refractivity contribution in [1.82, 2.24) is 9.97 Å². The summed E-state index contributed by atoms with van der Waals surface area (Å²) in [4.78, 5) is 17.9. The maximum atomic E-state index is 11.0. The standard InChI is InChI=1S/C11H11N3O.C2H6/c1-7-9(6-14-10(7)11(12)15)8-2-4-13-5-3-8;1-2/h2-6,14H,1H3,(H2,12,15);1-2H3. The topological polar surface area (TPSA) is 71.8 Å². The van der Waals surface area contributed by atoms with Crippen LogP contribution in [0.5, 0.6) is 0 Å². The number of carbonyl (C=O) groups is 1. The monoisotopic (exact) mass is 231 g/mol. The van der Waals surface area contributed by atoms with Crippen LogP contribution >= 0.6 is 0 Å². The lowest BCUT2D eigenvalue weighted by molar-refractivity contribution is 0.0995. The first kappa shape index (κ1) is 13.0. The first-order valence-electron chi connectivity index (χ1n) is 5.58. The minimum absolute atomic E-state index is 0.437. The Labute approximate surface area is 101 Å². The molecule has 0 saturated carbocycles. The third-order valence-corrected chi connectivity index (χ3v) is 2.38. The third kappa shape index (κ3) is 2.72. The molecule has 0 aliphatic heterocycles. The average molecular weight is 231 g/mol. The lowest BCUT2D eigenvalue weighted by Crippen LogP contribution is -2.12. The Balaban J connectivity index is 0.000000686. The highest BCUT2D eigenvalue weighted by Gasteiger charge is 2.11. The van der Waals surface area contributed by atoms with Crippen molar-refractivity contribution in [3.8, 4) is 11.1 Å². The highest BCUT2D eigenvalue weighted by molar-refractivity contribution is 5.94. The van der Waals surface area contributed by atoms with Crippen molar-refractivity contribution < 1.29 is 4.79 Å². The summed E-state index contributed by atoms with van der Waals surface area (Å²) in [6.45, 7) is 5.87. The van der Waals surface area contributed by atoms with E-state index in [4.69, 9.17) is 5.73 Å². The number of hydrogen-bond donors (Lipinski definition) is 2. The van der Waals surface area contributed by atoms with E-state index in [1.807, 2.05) is 32.9 Å². The van der Waals surface area contributed by atoms with Crippen LogP contribution in [-0.2, 0) is 0 Å². The lowest BCUT2D eigenvalue weighted by atomic mass is 10.1. The van der Waals surface area contributed by atoms with Gasteiger partial charge in [-0.2, -0.15) is 0 Å². The normalized spacial score (nSPS) is 9.35. The molecule has 90 valence electrons. The molecule has 2 aromatic rings. The molecule has 17 heavy (non-hydrogen) atoms. The van der Waals surface area contributed by atoms with E-state index in [1.54, 1.807) is 18.6 Å². The van der Waals surface area contributed by atoms with Crippen molar-refractivity contribution in [1.29, 1.82) is 0 Å². The molecular formula is C13H17N3O. The summed E-state index contributed by atoms with van der Waals surface area (Å²) in [6, 6.07) is 3.78. The summed E-state index contributed by atoms with van der Waals surface area (Å²) in [6.07, 6.45) is 5.21. The van der Waals surface area contributed by atoms with Gasteiger partial charge < -0.3 is 10.7 Å². The predicted molar refractivity (Wildman–Crippen MR) is 68.6 cm³/mol. The number of primary amides is 1. The summed E-state index contributed by atoms with van der Waals surface area (Å²) >= 11 is 0. The van der Waals surface area contributed by atoms with Gasteiger partial charge in [0.15, 0.2) is 0 Å². The number of amides is 1. The van der Waals surface area contributed by atoms with Crippen LogP contribution in [-0.4, -0.2) is 15.9 Å². The number of aromatic nitrogens is 2. The van der Waals surface area contributed by atoms with Crippen LogP contribution in [0.25, 0.3) is 11.1 Å². The quantitative estimate of drug-likeness (QED) is 0.833. The molecule has 0 atom stereocenters. The van der Waals surface area contributed by atoms with Gasteiger partial charge in [0, 0.05) is 24.2 Å². The van der Waals surface area contributed by atoms with Crippen LogP contribution in [0.1, 0.15) is 29.9 Å². The van der Waals surface area contributed by atoms with Gasteiger partial charge >= 0.3 is 0 Å².